The third-order valence-corrected chi connectivity index (χ3v) is 6.68. The van der Waals surface area contributed by atoms with Crippen molar-refractivity contribution in [1.82, 2.24) is 4.98 Å². The van der Waals surface area contributed by atoms with Gasteiger partial charge in [-0.25, -0.2) is 4.58 Å². The molecule has 2 aromatic carbocycles. The van der Waals surface area contributed by atoms with Crippen molar-refractivity contribution in [3.63, 3.8) is 0 Å². The second-order valence-corrected chi connectivity index (χ2v) is 9.45. The highest BCUT2D eigenvalue weighted by atomic mass is 19.4. The molecular weight excluding hydrogens is 538 g/mol. The molecule has 0 fully saturated rings. The SMILES string of the molecule is Cc1cc2c(cc1C(F)(F)F)N(Cc1ccncc1)CCC[C@@H]2[N+](Cc1cccc(OC(F)(F)F)c1)=C(N)N=N. The van der Waals surface area contributed by atoms with Gasteiger partial charge in [-0.1, -0.05) is 12.1 Å². The van der Waals surface area contributed by atoms with Crippen LogP contribution in [-0.4, -0.2) is 28.4 Å². The highest BCUT2D eigenvalue weighted by Gasteiger charge is 2.37. The number of benzene rings is 2. The summed E-state index contributed by atoms with van der Waals surface area (Å²) in [5.74, 6) is -0.653. The second kappa shape index (κ2) is 11.5. The van der Waals surface area contributed by atoms with Crippen LogP contribution in [0.4, 0.5) is 32.0 Å². The second-order valence-electron chi connectivity index (χ2n) is 9.45. The quantitative estimate of drug-likeness (QED) is 0.114. The first-order valence-corrected chi connectivity index (χ1v) is 12.3. The summed E-state index contributed by atoms with van der Waals surface area (Å²) in [6.07, 6.45) is -5.24. The molecule has 0 radical (unpaired) electrons. The molecule has 3 aromatic rings. The van der Waals surface area contributed by atoms with E-state index in [-0.39, 0.29) is 18.1 Å². The minimum Gasteiger partial charge on any atom is -0.406 e. The zero-order valence-corrected chi connectivity index (χ0v) is 21.4. The number of aromatic nitrogens is 1. The van der Waals surface area contributed by atoms with Crippen LogP contribution in [0.3, 0.4) is 0 Å². The van der Waals surface area contributed by atoms with E-state index in [1.807, 2.05) is 4.90 Å². The van der Waals surface area contributed by atoms with Gasteiger partial charge in [0.2, 0.25) is 0 Å². The third-order valence-electron chi connectivity index (χ3n) is 6.68. The number of pyridine rings is 1. The summed E-state index contributed by atoms with van der Waals surface area (Å²) in [7, 11) is 0. The van der Waals surface area contributed by atoms with Gasteiger partial charge in [-0.3, -0.25) is 10.7 Å². The van der Waals surface area contributed by atoms with Crippen LogP contribution < -0.4 is 15.4 Å². The molecule has 2 heterocycles. The fourth-order valence-electron chi connectivity index (χ4n) is 4.97. The van der Waals surface area contributed by atoms with E-state index in [2.05, 4.69) is 14.8 Å². The van der Waals surface area contributed by atoms with E-state index >= 15 is 0 Å². The largest absolute Gasteiger partial charge is 0.573 e. The molecule has 13 heteroatoms. The number of hydrogen-bond acceptors (Lipinski definition) is 4. The Hall–Kier alpha value is -4.16. The number of aryl methyl sites for hydroxylation is 1. The monoisotopic (exact) mass is 565 g/mol. The van der Waals surface area contributed by atoms with Gasteiger partial charge < -0.3 is 9.64 Å². The molecule has 0 amide bonds. The summed E-state index contributed by atoms with van der Waals surface area (Å²) in [5.41, 5.74) is 15.1. The van der Waals surface area contributed by atoms with Gasteiger partial charge in [0.05, 0.1) is 12.1 Å². The van der Waals surface area contributed by atoms with E-state index in [1.165, 1.54) is 29.7 Å². The molecule has 1 aromatic heterocycles. The zero-order valence-electron chi connectivity index (χ0n) is 21.4. The summed E-state index contributed by atoms with van der Waals surface area (Å²) in [6.45, 7) is 2.09. The van der Waals surface area contributed by atoms with Crippen molar-refractivity contribution in [1.29, 1.82) is 5.53 Å². The fourth-order valence-corrected chi connectivity index (χ4v) is 4.97. The summed E-state index contributed by atoms with van der Waals surface area (Å²) < 4.78 is 85.8. The number of nitrogens with zero attached hydrogens (tertiary/aromatic N) is 4. The van der Waals surface area contributed by atoms with Crippen LogP contribution in [0.25, 0.3) is 0 Å². The van der Waals surface area contributed by atoms with E-state index < -0.39 is 29.9 Å². The number of rotatable bonds is 6. The molecular formula is C27H27F6N6O+. The van der Waals surface area contributed by atoms with Crippen LogP contribution in [0.15, 0.2) is 66.0 Å². The van der Waals surface area contributed by atoms with Gasteiger partial charge in [0.15, 0.2) is 0 Å². The number of alkyl halides is 6. The number of anilines is 1. The lowest BCUT2D eigenvalue weighted by Crippen LogP contribution is -2.30. The maximum absolute atomic E-state index is 14.0. The fraction of sp³-hybridized carbons (Fsp3) is 0.333. The Kier molecular flexibility index (Phi) is 8.31. The summed E-state index contributed by atoms with van der Waals surface area (Å²) in [6, 6.07) is 10.9. The number of guanidine groups is 1. The number of nitrogens with one attached hydrogen (secondary N) is 1. The molecule has 1 aliphatic heterocycles. The number of ether oxygens (including phenoxy) is 1. The highest BCUT2D eigenvalue weighted by molar-refractivity contribution is 5.73. The molecule has 1 aliphatic rings. The predicted molar refractivity (Wildman–Crippen MR) is 135 cm³/mol. The van der Waals surface area contributed by atoms with Crippen molar-refractivity contribution in [2.24, 2.45) is 10.8 Å². The molecule has 0 bridgehead atoms. The summed E-state index contributed by atoms with van der Waals surface area (Å²) >= 11 is 0. The van der Waals surface area contributed by atoms with Gasteiger partial charge in [-0.05, 0) is 72.9 Å². The van der Waals surface area contributed by atoms with Crippen molar-refractivity contribution < 1.29 is 35.7 Å². The molecule has 4 rings (SSSR count). The molecule has 0 spiro atoms. The number of hydrogen-bond donors (Lipinski definition) is 2. The van der Waals surface area contributed by atoms with Gasteiger partial charge >= 0.3 is 18.5 Å². The van der Waals surface area contributed by atoms with E-state index in [4.69, 9.17) is 11.3 Å². The van der Waals surface area contributed by atoms with Gasteiger partial charge in [0, 0.05) is 41.8 Å². The van der Waals surface area contributed by atoms with Crippen molar-refractivity contribution in [3.8, 4) is 5.75 Å². The summed E-state index contributed by atoms with van der Waals surface area (Å²) in [5, 5.41) is 3.37. The Bertz CT molecular complexity index is 1390. The maximum Gasteiger partial charge on any atom is 0.573 e. The van der Waals surface area contributed by atoms with Crippen LogP contribution in [0, 0.1) is 12.5 Å². The van der Waals surface area contributed by atoms with Crippen LogP contribution >= 0.6 is 0 Å². The van der Waals surface area contributed by atoms with Crippen molar-refractivity contribution in [2.75, 3.05) is 11.4 Å². The molecule has 0 unspecified atom stereocenters. The Balaban J connectivity index is 1.81. The van der Waals surface area contributed by atoms with Gasteiger partial charge in [0.25, 0.3) is 0 Å². The number of nitrogens with two attached hydrogens (primary N) is 1. The lowest BCUT2D eigenvalue weighted by molar-refractivity contribution is -0.590. The molecule has 212 valence electrons. The third kappa shape index (κ3) is 6.88. The topological polar surface area (TPSA) is 90.6 Å². The van der Waals surface area contributed by atoms with E-state index in [1.54, 1.807) is 30.6 Å². The first kappa shape index (κ1) is 28.8. The molecule has 0 aliphatic carbocycles. The van der Waals surface area contributed by atoms with Crippen molar-refractivity contribution >= 4 is 11.6 Å². The number of fused-ring (bicyclic) bond motifs is 1. The average Bonchev–Trinajstić information content (AvgIpc) is 3.04. The van der Waals surface area contributed by atoms with Gasteiger partial charge in [-0.2, -0.15) is 13.2 Å². The molecule has 0 saturated heterocycles. The molecule has 7 nitrogen and oxygen atoms in total. The lowest BCUT2D eigenvalue weighted by Gasteiger charge is -2.28. The predicted octanol–water partition coefficient (Wildman–Crippen LogP) is 6.71. The zero-order chi connectivity index (χ0) is 29.1. The van der Waals surface area contributed by atoms with Crippen molar-refractivity contribution in [2.45, 2.75) is 51.4 Å². The van der Waals surface area contributed by atoms with Crippen LogP contribution in [-0.2, 0) is 19.3 Å². The maximum atomic E-state index is 14.0. The van der Waals surface area contributed by atoms with Crippen LogP contribution in [0.5, 0.6) is 5.75 Å². The van der Waals surface area contributed by atoms with Crippen LogP contribution in [0.2, 0.25) is 0 Å². The Morgan fingerprint density at radius 2 is 1.82 bits per heavy atom. The highest BCUT2D eigenvalue weighted by Crippen LogP contribution is 2.42. The first-order valence-electron chi connectivity index (χ1n) is 12.3. The van der Waals surface area contributed by atoms with E-state index in [0.29, 0.717) is 42.7 Å². The molecule has 1 atom stereocenters. The molecule has 3 N–H and O–H groups in total. The van der Waals surface area contributed by atoms with Gasteiger partial charge in [-0.15, -0.1) is 18.7 Å². The lowest BCUT2D eigenvalue weighted by atomic mass is 9.95. The minimum absolute atomic E-state index is 0.0175. The number of halogens is 6. The molecule has 40 heavy (non-hydrogen) atoms. The standard InChI is InChI=1S/C27H26F6N6O/c1-17-12-21-23(39(25(34)37-35)16-19-4-2-5-20(13-19)40-27(31,32)33)6-3-11-38(15-18-7-9-36-10-8-18)24(21)14-22(17)26(28,29)30/h2,4-5,7-10,12-14,23,34-35H,3,6,11,15-16H2,1H3/p+1/t23-/m0/s1. The Morgan fingerprint density at radius 1 is 1.10 bits per heavy atom. The van der Waals surface area contributed by atoms with Gasteiger partial charge in [0.1, 0.15) is 11.8 Å². The van der Waals surface area contributed by atoms with Crippen molar-refractivity contribution in [3.05, 3.63) is 88.7 Å². The first-order chi connectivity index (χ1) is 18.9. The molecule has 0 saturated carbocycles. The van der Waals surface area contributed by atoms with E-state index in [9.17, 15) is 26.3 Å². The summed E-state index contributed by atoms with van der Waals surface area (Å²) in [4.78, 5) is 5.86. The minimum atomic E-state index is -4.88. The normalized spacial score (nSPS) is 16.6. The Labute approximate surface area is 226 Å². The van der Waals surface area contributed by atoms with E-state index in [0.717, 1.165) is 17.7 Å². The average molecular weight is 566 g/mol. The smallest absolute Gasteiger partial charge is 0.406 e. The van der Waals surface area contributed by atoms with Crippen LogP contribution in [0.1, 0.15) is 46.7 Å². The Morgan fingerprint density at radius 3 is 2.48 bits per heavy atom.